The Morgan fingerprint density at radius 3 is 2.66 bits per heavy atom. The second-order valence-electron chi connectivity index (χ2n) is 9.04. The molecule has 0 saturated carbocycles. The first-order valence-electron chi connectivity index (χ1n) is 12.5. The van der Waals surface area contributed by atoms with E-state index in [1.807, 2.05) is 18.2 Å². The number of halogens is 1. The highest BCUT2D eigenvalue weighted by Crippen LogP contribution is 2.27. The second-order valence-corrected chi connectivity index (χ2v) is 9.45. The van der Waals surface area contributed by atoms with Crippen molar-refractivity contribution in [2.45, 2.75) is 33.1 Å². The van der Waals surface area contributed by atoms with Crippen LogP contribution < -0.4 is 15.1 Å². The van der Waals surface area contributed by atoms with Gasteiger partial charge in [-0.25, -0.2) is 9.97 Å². The lowest BCUT2D eigenvalue weighted by Gasteiger charge is -2.28. The number of benzene rings is 1. The molecular weight excluding hydrogens is 460 g/mol. The summed E-state index contributed by atoms with van der Waals surface area (Å²) in [4.78, 5) is 18.7. The summed E-state index contributed by atoms with van der Waals surface area (Å²) in [5.41, 5.74) is 3.32. The van der Waals surface area contributed by atoms with Crippen LogP contribution in [0.25, 0.3) is 11.3 Å². The minimum absolute atomic E-state index is 0.455. The highest BCUT2D eigenvalue weighted by Gasteiger charge is 2.17. The van der Waals surface area contributed by atoms with Gasteiger partial charge in [0.25, 0.3) is 0 Å². The smallest absolute Gasteiger partial charge is 0.228 e. The lowest BCUT2D eigenvalue weighted by molar-refractivity contribution is 0.122. The van der Waals surface area contributed by atoms with Crippen LogP contribution in [-0.2, 0) is 4.74 Å². The number of hydrogen-bond donors (Lipinski definition) is 1. The summed E-state index contributed by atoms with van der Waals surface area (Å²) in [6, 6.07) is 14.4. The van der Waals surface area contributed by atoms with Gasteiger partial charge in [0, 0.05) is 50.6 Å². The molecule has 3 heterocycles. The van der Waals surface area contributed by atoms with Crippen LogP contribution in [0.4, 0.5) is 17.6 Å². The van der Waals surface area contributed by atoms with Crippen molar-refractivity contribution in [3.05, 3.63) is 59.2 Å². The SMILES string of the molecule is CCCN(CCNc1cc(-c2cccc(C(C)C)c2)nc(N2CCOCC2)n1)c1ncccc1Cl. The fraction of sp³-hybridized carbons (Fsp3) is 0.444. The highest BCUT2D eigenvalue weighted by molar-refractivity contribution is 6.32. The Labute approximate surface area is 213 Å². The number of ether oxygens (including phenoxy) is 1. The van der Waals surface area contributed by atoms with Gasteiger partial charge in [0.1, 0.15) is 11.6 Å². The zero-order valence-corrected chi connectivity index (χ0v) is 21.6. The molecule has 7 nitrogen and oxygen atoms in total. The first-order chi connectivity index (χ1) is 17.0. The monoisotopic (exact) mass is 494 g/mol. The van der Waals surface area contributed by atoms with E-state index in [2.05, 4.69) is 65.1 Å². The van der Waals surface area contributed by atoms with Gasteiger partial charge >= 0.3 is 0 Å². The van der Waals surface area contributed by atoms with Gasteiger partial charge in [0.15, 0.2) is 0 Å². The van der Waals surface area contributed by atoms with Crippen molar-refractivity contribution in [1.82, 2.24) is 15.0 Å². The number of nitrogens with one attached hydrogen (secondary N) is 1. The maximum absolute atomic E-state index is 6.42. The molecule has 1 aliphatic heterocycles. The van der Waals surface area contributed by atoms with E-state index >= 15 is 0 Å². The largest absolute Gasteiger partial charge is 0.378 e. The Morgan fingerprint density at radius 2 is 1.91 bits per heavy atom. The predicted octanol–water partition coefficient (Wildman–Crippen LogP) is 5.48. The summed E-state index contributed by atoms with van der Waals surface area (Å²) in [6.45, 7) is 11.9. The van der Waals surface area contributed by atoms with E-state index in [0.717, 1.165) is 61.4 Å². The Balaban J connectivity index is 1.56. The quantitative estimate of drug-likeness (QED) is 0.400. The van der Waals surface area contributed by atoms with Crippen molar-refractivity contribution in [3.8, 4) is 11.3 Å². The Kier molecular flexibility index (Phi) is 8.77. The third kappa shape index (κ3) is 6.61. The Hall–Kier alpha value is -2.90. The van der Waals surface area contributed by atoms with Gasteiger partial charge in [-0.05, 0) is 36.1 Å². The van der Waals surface area contributed by atoms with Crippen LogP contribution in [0.5, 0.6) is 0 Å². The molecule has 1 aromatic carbocycles. The molecule has 0 unspecified atom stereocenters. The van der Waals surface area contributed by atoms with Gasteiger partial charge in [-0.2, -0.15) is 4.98 Å². The van der Waals surface area contributed by atoms with Crippen molar-refractivity contribution >= 4 is 29.2 Å². The second kappa shape index (κ2) is 12.2. The molecule has 2 aromatic heterocycles. The van der Waals surface area contributed by atoms with E-state index in [1.165, 1.54) is 5.56 Å². The molecule has 0 aliphatic carbocycles. The molecule has 0 spiro atoms. The molecule has 35 heavy (non-hydrogen) atoms. The Morgan fingerprint density at radius 1 is 1.09 bits per heavy atom. The van der Waals surface area contributed by atoms with Gasteiger partial charge < -0.3 is 19.9 Å². The highest BCUT2D eigenvalue weighted by atomic mass is 35.5. The normalized spacial score (nSPS) is 13.8. The summed E-state index contributed by atoms with van der Waals surface area (Å²) >= 11 is 6.42. The zero-order valence-electron chi connectivity index (χ0n) is 20.9. The summed E-state index contributed by atoms with van der Waals surface area (Å²) in [6.07, 6.45) is 2.80. The molecule has 0 radical (unpaired) electrons. The number of anilines is 3. The molecule has 1 N–H and O–H groups in total. The maximum Gasteiger partial charge on any atom is 0.228 e. The summed E-state index contributed by atoms with van der Waals surface area (Å²) < 4.78 is 5.54. The van der Waals surface area contributed by atoms with Crippen molar-refractivity contribution in [2.24, 2.45) is 0 Å². The lowest BCUT2D eigenvalue weighted by Crippen LogP contribution is -2.37. The molecule has 0 bridgehead atoms. The standard InChI is InChI=1S/C27H35ClN6O/c1-4-12-33(26-23(28)9-6-10-30-26)13-11-29-25-19-24(22-8-5-7-21(18-22)20(2)3)31-27(32-25)34-14-16-35-17-15-34/h5-10,18-20H,4,11-17H2,1-3H3,(H,29,31,32). The molecule has 4 rings (SSSR count). The van der Waals surface area contributed by atoms with Crippen molar-refractivity contribution < 1.29 is 4.74 Å². The van der Waals surface area contributed by atoms with Gasteiger partial charge in [0.2, 0.25) is 5.95 Å². The van der Waals surface area contributed by atoms with Crippen LogP contribution in [0.15, 0.2) is 48.7 Å². The first kappa shape index (κ1) is 25.2. The molecule has 3 aromatic rings. The molecule has 1 fully saturated rings. The number of morpholine rings is 1. The van der Waals surface area contributed by atoms with E-state index in [0.29, 0.717) is 30.7 Å². The number of aromatic nitrogens is 3. The van der Waals surface area contributed by atoms with Crippen molar-refractivity contribution in [2.75, 3.05) is 61.1 Å². The topological polar surface area (TPSA) is 66.4 Å². The first-order valence-corrected chi connectivity index (χ1v) is 12.8. The predicted molar refractivity (Wildman–Crippen MR) is 145 cm³/mol. The van der Waals surface area contributed by atoms with Gasteiger partial charge in [0.05, 0.1) is 23.9 Å². The van der Waals surface area contributed by atoms with Crippen molar-refractivity contribution in [3.63, 3.8) is 0 Å². The lowest BCUT2D eigenvalue weighted by atomic mass is 9.99. The number of hydrogen-bond acceptors (Lipinski definition) is 7. The van der Waals surface area contributed by atoms with E-state index in [9.17, 15) is 0 Å². The molecule has 186 valence electrons. The minimum atomic E-state index is 0.455. The molecule has 1 saturated heterocycles. The fourth-order valence-corrected chi connectivity index (χ4v) is 4.40. The van der Waals surface area contributed by atoms with Gasteiger partial charge in [-0.15, -0.1) is 0 Å². The number of nitrogens with zero attached hydrogens (tertiary/aromatic N) is 5. The summed E-state index contributed by atoms with van der Waals surface area (Å²) in [5, 5.41) is 4.20. The minimum Gasteiger partial charge on any atom is -0.378 e. The number of pyridine rings is 1. The third-order valence-electron chi connectivity index (χ3n) is 6.08. The van der Waals surface area contributed by atoms with Gasteiger partial charge in [-0.3, -0.25) is 0 Å². The summed E-state index contributed by atoms with van der Waals surface area (Å²) in [7, 11) is 0. The van der Waals surface area contributed by atoms with Crippen LogP contribution in [0, 0.1) is 0 Å². The van der Waals surface area contributed by atoms with Crippen LogP contribution in [0.2, 0.25) is 5.02 Å². The van der Waals surface area contributed by atoms with Crippen LogP contribution in [-0.4, -0.2) is 60.9 Å². The van der Waals surface area contributed by atoms with Crippen LogP contribution >= 0.6 is 11.6 Å². The van der Waals surface area contributed by atoms with Crippen LogP contribution in [0.3, 0.4) is 0 Å². The van der Waals surface area contributed by atoms with E-state index in [1.54, 1.807) is 6.20 Å². The third-order valence-corrected chi connectivity index (χ3v) is 6.37. The molecule has 8 heteroatoms. The van der Waals surface area contributed by atoms with E-state index < -0.39 is 0 Å². The average molecular weight is 495 g/mol. The van der Waals surface area contributed by atoms with E-state index in [-0.39, 0.29) is 0 Å². The number of rotatable bonds is 10. The Bertz CT molecular complexity index is 1100. The van der Waals surface area contributed by atoms with Crippen molar-refractivity contribution in [1.29, 1.82) is 0 Å². The average Bonchev–Trinajstić information content (AvgIpc) is 2.89. The van der Waals surface area contributed by atoms with Gasteiger partial charge in [-0.1, -0.05) is 50.6 Å². The zero-order chi connectivity index (χ0) is 24.6. The molecular formula is C27H35ClN6O. The molecule has 1 aliphatic rings. The molecule has 0 atom stereocenters. The van der Waals surface area contributed by atoms with Crippen LogP contribution in [0.1, 0.15) is 38.7 Å². The maximum atomic E-state index is 6.42. The molecule has 0 amide bonds. The fourth-order valence-electron chi connectivity index (χ4n) is 4.16. The summed E-state index contributed by atoms with van der Waals surface area (Å²) in [5.74, 6) is 2.83. The van der Waals surface area contributed by atoms with E-state index in [4.69, 9.17) is 26.3 Å².